The molecule has 0 radical (unpaired) electrons. The minimum absolute atomic E-state index is 0.0317. The van der Waals surface area contributed by atoms with Crippen molar-refractivity contribution < 1.29 is 14.0 Å². The van der Waals surface area contributed by atoms with Crippen molar-refractivity contribution in [3.05, 3.63) is 59.5 Å². The van der Waals surface area contributed by atoms with Gasteiger partial charge in [0.1, 0.15) is 6.04 Å². The van der Waals surface area contributed by atoms with Gasteiger partial charge in [0, 0.05) is 13.6 Å². The number of carbonyl (C=O) groups excluding carboxylic acids is 2. The summed E-state index contributed by atoms with van der Waals surface area (Å²) < 4.78 is 5.09. The Labute approximate surface area is 142 Å². The van der Waals surface area contributed by atoms with Crippen molar-refractivity contribution in [2.24, 2.45) is 5.92 Å². The van der Waals surface area contributed by atoms with Crippen molar-refractivity contribution in [3.63, 3.8) is 0 Å². The van der Waals surface area contributed by atoms with E-state index in [1.54, 1.807) is 24.1 Å². The van der Waals surface area contributed by atoms with Crippen LogP contribution in [0, 0.1) is 12.8 Å². The highest BCUT2D eigenvalue weighted by atomic mass is 16.3. The molecule has 1 atom stereocenters. The van der Waals surface area contributed by atoms with Crippen LogP contribution in [0.25, 0.3) is 0 Å². The normalized spacial score (nSPS) is 12.0. The highest BCUT2D eigenvalue weighted by Crippen LogP contribution is 2.13. The number of furan rings is 1. The van der Waals surface area contributed by atoms with E-state index in [2.05, 4.69) is 5.32 Å². The molecule has 1 heterocycles. The number of amides is 2. The van der Waals surface area contributed by atoms with Crippen LogP contribution in [0.4, 0.5) is 0 Å². The van der Waals surface area contributed by atoms with Crippen molar-refractivity contribution >= 4 is 11.8 Å². The van der Waals surface area contributed by atoms with Gasteiger partial charge < -0.3 is 14.6 Å². The van der Waals surface area contributed by atoms with Crippen LogP contribution in [-0.2, 0) is 11.3 Å². The molecule has 0 aliphatic rings. The third-order valence-corrected chi connectivity index (χ3v) is 4.01. The number of likely N-dealkylation sites (N-methyl/N-ethyl adjacent to an activating group) is 1. The van der Waals surface area contributed by atoms with Gasteiger partial charge in [-0.05, 0) is 36.1 Å². The highest BCUT2D eigenvalue weighted by Gasteiger charge is 2.28. The molecule has 0 saturated heterocycles. The summed E-state index contributed by atoms with van der Waals surface area (Å²) in [5.74, 6) is -0.324. The van der Waals surface area contributed by atoms with Crippen LogP contribution in [-0.4, -0.2) is 29.8 Å². The molecule has 0 aliphatic heterocycles. The van der Waals surface area contributed by atoms with Crippen LogP contribution >= 0.6 is 0 Å². The van der Waals surface area contributed by atoms with Crippen LogP contribution in [0.1, 0.15) is 35.5 Å². The number of nitrogens with one attached hydrogen (secondary N) is 1. The summed E-state index contributed by atoms with van der Waals surface area (Å²) in [7, 11) is 1.75. The van der Waals surface area contributed by atoms with Crippen molar-refractivity contribution in [1.82, 2.24) is 10.2 Å². The van der Waals surface area contributed by atoms with Crippen LogP contribution < -0.4 is 5.32 Å². The maximum absolute atomic E-state index is 12.8. The van der Waals surface area contributed by atoms with Crippen LogP contribution in [0.15, 0.2) is 47.1 Å². The lowest BCUT2D eigenvalue weighted by atomic mass is 10.0. The Morgan fingerprint density at radius 1 is 1.17 bits per heavy atom. The summed E-state index contributed by atoms with van der Waals surface area (Å²) in [5.41, 5.74) is 2.23. The Balaban J connectivity index is 2.08. The standard InChI is InChI=1S/C19H24N2O3/c1-13(2)17(20-18(22)16-10-7-11-24-16)19(23)21(4)12-15-9-6-5-8-14(15)3/h5-11,13,17H,12H2,1-4H3,(H,20,22)/t17-/m0/s1. The number of hydrogen-bond donors (Lipinski definition) is 1. The zero-order valence-electron chi connectivity index (χ0n) is 14.6. The minimum atomic E-state index is -0.600. The molecule has 128 valence electrons. The lowest BCUT2D eigenvalue weighted by Crippen LogP contribution is -2.50. The highest BCUT2D eigenvalue weighted by molar-refractivity contribution is 5.95. The van der Waals surface area contributed by atoms with Crippen LogP contribution in [0.5, 0.6) is 0 Å². The fourth-order valence-electron chi connectivity index (χ4n) is 2.49. The van der Waals surface area contributed by atoms with Crippen molar-refractivity contribution in [1.29, 1.82) is 0 Å². The molecule has 1 aromatic heterocycles. The Hall–Kier alpha value is -2.56. The first kappa shape index (κ1) is 17.8. The number of benzene rings is 1. The SMILES string of the molecule is Cc1ccccc1CN(C)C(=O)[C@@H](NC(=O)c1ccco1)C(C)C. The number of rotatable bonds is 6. The van der Waals surface area contributed by atoms with E-state index in [4.69, 9.17) is 4.42 Å². The summed E-state index contributed by atoms with van der Waals surface area (Å²) in [5, 5.41) is 2.78. The quantitative estimate of drug-likeness (QED) is 0.886. The zero-order chi connectivity index (χ0) is 17.7. The van der Waals surface area contributed by atoms with E-state index in [0.29, 0.717) is 6.54 Å². The second kappa shape index (κ2) is 7.81. The third-order valence-electron chi connectivity index (χ3n) is 4.01. The largest absolute Gasteiger partial charge is 0.459 e. The molecular formula is C19H24N2O3. The number of aryl methyl sites for hydroxylation is 1. The molecule has 0 aliphatic carbocycles. The first-order chi connectivity index (χ1) is 11.4. The van der Waals surface area contributed by atoms with Gasteiger partial charge in [-0.15, -0.1) is 0 Å². The molecule has 5 heteroatoms. The molecular weight excluding hydrogens is 304 g/mol. The zero-order valence-corrected chi connectivity index (χ0v) is 14.6. The van der Waals surface area contributed by atoms with Crippen molar-refractivity contribution in [2.75, 3.05) is 7.05 Å². The van der Waals surface area contributed by atoms with E-state index in [1.165, 1.54) is 6.26 Å². The Morgan fingerprint density at radius 2 is 1.88 bits per heavy atom. The first-order valence-corrected chi connectivity index (χ1v) is 8.04. The second-order valence-electron chi connectivity index (χ2n) is 6.29. The summed E-state index contributed by atoms with van der Waals surface area (Å²) in [4.78, 5) is 26.6. The van der Waals surface area contributed by atoms with Gasteiger partial charge in [-0.3, -0.25) is 9.59 Å². The minimum Gasteiger partial charge on any atom is -0.459 e. The predicted octanol–water partition coefficient (Wildman–Crippen LogP) is 3.00. The molecule has 2 rings (SSSR count). The third kappa shape index (κ3) is 4.25. The molecule has 0 bridgehead atoms. The summed E-state index contributed by atoms with van der Waals surface area (Å²) in [6, 6.07) is 10.6. The van der Waals surface area contributed by atoms with Gasteiger partial charge >= 0.3 is 0 Å². The summed E-state index contributed by atoms with van der Waals surface area (Å²) in [6.07, 6.45) is 1.44. The van der Waals surface area contributed by atoms with E-state index in [1.807, 2.05) is 45.0 Å². The first-order valence-electron chi connectivity index (χ1n) is 8.04. The summed E-state index contributed by atoms with van der Waals surface area (Å²) >= 11 is 0. The smallest absolute Gasteiger partial charge is 0.287 e. The molecule has 5 nitrogen and oxygen atoms in total. The predicted molar refractivity (Wildman–Crippen MR) is 92.5 cm³/mol. The Kier molecular flexibility index (Phi) is 5.79. The average molecular weight is 328 g/mol. The molecule has 2 amide bonds. The summed E-state index contributed by atoms with van der Waals surface area (Å²) in [6.45, 7) is 6.34. The van der Waals surface area contributed by atoms with E-state index in [0.717, 1.165) is 11.1 Å². The maximum atomic E-state index is 12.8. The van der Waals surface area contributed by atoms with Gasteiger partial charge in [0.25, 0.3) is 5.91 Å². The van der Waals surface area contributed by atoms with E-state index < -0.39 is 6.04 Å². The number of hydrogen-bond acceptors (Lipinski definition) is 3. The van der Waals surface area contributed by atoms with Gasteiger partial charge in [-0.1, -0.05) is 38.1 Å². The molecule has 0 saturated carbocycles. The molecule has 24 heavy (non-hydrogen) atoms. The second-order valence-corrected chi connectivity index (χ2v) is 6.29. The lowest BCUT2D eigenvalue weighted by molar-refractivity contribution is -0.133. The van der Waals surface area contributed by atoms with Gasteiger partial charge in [-0.25, -0.2) is 0 Å². The molecule has 2 aromatic rings. The van der Waals surface area contributed by atoms with Crippen LogP contribution in [0.2, 0.25) is 0 Å². The van der Waals surface area contributed by atoms with Crippen molar-refractivity contribution in [2.45, 2.75) is 33.4 Å². The van der Waals surface area contributed by atoms with Gasteiger partial charge in [-0.2, -0.15) is 0 Å². The average Bonchev–Trinajstić information content (AvgIpc) is 3.08. The topological polar surface area (TPSA) is 62.6 Å². The fraction of sp³-hybridized carbons (Fsp3) is 0.368. The monoisotopic (exact) mass is 328 g/mol. The van der Waals surface area contributed by atoms with E-state index >= 15 is 0 Å². The van der Waals surface area contributed by atoms with Crippen molar-refractivity contribution in [3.8, 4) is 0 Å². The fourth-order valence-corrected chi connectivity index (χ4v) is 2.49. The van der Waals surface area contributed by atoms with Gasteiger partial charge in [0.2, 0.25) is 5.91 Å². The lowest BCUT2D eigenvalue weighted by Gasteiger charge is -2.27. The Bertz CT molecular complexity index is 692. The Morgan fingerprint density at radius 3 is 2.46 bits per heavy atom. The molecule has 1 N–H and O–H groups in total. The number of nitrogens with zero attached hydrogens (tertiary/aromatic N) is 1. The van der Waals surface area contributed by atoms with Gasteiger partial charge in [0.15, 0.2) is 5.76 Å². The molecule has 0 fully saturated rings. The molecule has 0 spiro atoms. The molecule has 1 aromatic carbocycles. The maximum Gasteiger partial charge on any atom is 0.287 e. The van der Waals surface area contributed by atoms with E-state index in [-0.39, 0.29) is 23.5 Å². The van der Waals surface area contributed by atoms with Gasteiger partial charge in [0.05, 0.1) is 6.26 Å². The van der Waals surface area contributed by atoms with E-state index in [9.17, 15) is 9.59 Å². The van der Waals surface area contributed by atoms with Crippen LogP contribution in [0.3, 0.4) is 0 Å². The molecule has 0 unspecified atom stereocenters. The number of carbonyl (C=O) groups is 2.